The van der Waals surface area contributed by atoms with E-state index >= 15 is 0 Å². The summed E-state index contributed by atoms with van der Waals surface area (Å²) in [6, 6.07) is 20.5. The van der Waals surface area contributed by atoms with Crippen molar-refractivity contribution in [1.29, 1.82) is 0 Å². The highest BCUT2D eigenvalue weighted by molar-refractivity contribution is 5.92. The van der Waals surface area contributed by atoms with Gasteiger partial charge < -0.3 is 9.47 Å². The van der Waals surface area contributed by atoms with Gasteiger partial charge in [0.2, 0.25) is 0 Å². The molecule has 0 spiro atoms. The summed E-state index contributed by atoms with van der Waals surface area (Å²) in [6.07, 6.45) is 3.64. The van der Waals surface area contributed by atoms with E-state index < -0.39 is 0 Å². The highest BCUT2D eigenvalue weighted by Gasteiger charge is 2.21. The first-order chi connectivity index (χ1) is 14.5. The van der Waals surface area contributed by atoms with Crippen LogP contribution in [0.3, 0.4) is 0 Å². The van der Waals surface area contributed by atoms with E-state index in [1.807, 2.05) is 53.9 Å². The molecule has 0 aliphatic carbocycles. The van der Waals surface area contributed by atoms with Gasteiger partial charge >= 0.3 is 0 Å². The van der Waals surface area contributed by atoms with Crippen LogP contribution in [-0.2, 0) is 27.2 Å². The monoisotopic (exact) mass is 399 g/mol. The van der Waals surface area contributed by atoms with E-state index in [9.17, 15) is 4.79 Å². The van der Waals surface area contributed by atoms with Crippen molar-refractivity contribution in [3.05, 3.63) is 95.8 Å². The highest BCUT2D eigenvalue weighted by atomic mass is 16.2. The zero-order chi connectivity index (χ0) is 21.1. The van der Waals surface area contributed by atoms with Crippen LogP contribution in [0.2, 0.25) is 0 Å². The molecule has 6 nitrogen and oxygen atoms in total. The van der Waals surface area contributed by atoms with Gasteiger partial charge in [-0.05, 0) is 29.7 Å². The Labute approximate surface area is 176 Å². The number of carbonyl (C=O) groups is 1. The molecule has 0 radical (unpaired) electrons. The molecular formula is C24H25N5O. The Hall–Kier alpha value is -3.67. The van der Waals surface area contributed by atoms with Crippen LogP contribution in [0.1, 0.15) is 27.6 Å². The number of benzene rings is 2. The molecule has 0 saturated heterocycles. The molecule has 0 unspecified atom stereocenters. The van der Waals surface area contributed by atoms with Crippen molar-refractivity contribution in [2.45, 2.75) is 20.0 Å². The zero-order valence-electron chi connectivity index (χ0n) is 17.5. The molecular weight excluding hydrogens is 374 g/mol. The molecule has 2 aromatic heterocycles. The highest BCUT2D eigenvalue weighted by Crippen LogP contribution is 2.21. The lowest BCUT2D eigenvalue weighted by atomic mass is 10.0. The topological polar surface area (TPSA) is 56.0 Å². The molecule has 0 aliphatic rings. The van der Waals surface area contributed by atoms with Crippen molar-refractivity contribution in [2.24, 2.45) is 14.1 Å². The van der Waals surface area contributed by atoms with Crippen LogP contribution in [0.25, 0.3) is 11.1 Å². The average molecular weight is 399 g/mol. The number of rotatable bonds is 6. The fourth-order valence-electron chi connectivity index (χ4n) is 3.55. The predicted molar refractivity (Wildman–Crippen MR) is 117 cm³/mol. The molecule has 0 saturated carbocycles. The van der Waals surface area contributed by atoms with Gasteiger partial charge in [0.25, 0.3) is 5.91 Å². The molecule has 4 aromatic rings. The van der Waals surface area contributed by atoms with Gasteiger partial charge in [0.15, 0.2) is 0 Å². The maximum atomic E-state index is 13.3. The van der Waals surface area contributed by atoms with E-state index in [0.29, 0.717) is 18.8 Å². The van der Waals surface area contributed by atoms with Crippen LogP contribution >= 0.6 is 0 Å². The SMILES string of the molecule is Cc1cc(C(=O)N(Cc2ccc(-c3ccccc3)cc2)Cc2nccn2C)n(C)n1. The zero-order valence-corrected chi connectivity index (χ0v) is 17.5. The molecule has 152 valence electrons. The number of nitrogens with zero attached hydrogens (tertiary/aromatic N) is 5. The Kier molecular flexibility index (Phi) is 5.48. The van der Waals surface area contributed by atoms with Crippen LogP contribution in [0.15, 0.2) is 73.1 Å². The van der Waals surface area contributed by atoms with Gasteiger partial charge in [0.1, 0.15) is 11.5 Å². The standard InChI is InChI=1S/C24H25N5O/c1-18-15-22(28(3)26-18)24(30)29(17-23-25-13-14-27(23)2)16-19-9-11-21(12-10-19)20-7-5-4-6-8-20/h4-15H,16-17H2,1-3H3. The van der Waals surface area contributed by atoms with Crippen LogP contribution in [0, 0.1) is 6.92 Å². The van der Waals surface area contributed by atoms with Gasteiger partial charge in [-0.15, -0.1) is 0 Å². The van der Waals surface area contributed by atoms with Crippen LogP contribution in [0.4, 0.5) is 0 Å². The minimum atomic E-state index is -0.0618. The molecule has 2 heterocycles. The molecule has 1 amide bonds. The first-order valence-electron chi connectivity index (χ1n) is 9.92. The van der Waals surface area contributed by atoms with Crippen molar-refractivity contribution in [3.63, 3.8) is 0 Å². The third-order valence-electron chi connectivity index (χ3n) is 5.20. The lowest BCUT2D eigenvalue weighted by molar-refractivity contribution is 0.0713. The van der Waals surface area contributed by atoms with Crippen molar-refractivity contribution >= 4 is 5.91 Å². The lowest BCUT2D eigenvalue weighted by Gasteiger charge is -2.23. The number of amides is 1. The Bertz CT molecular complexity index is 1140. The first kappa shape index (κ1) is 19.6. The maximum Gasteiger partial charge on any atom is 0.272 e. The molecule has 0 fully saturated rings. The van der Waals surface area contributed by atoms with Gasteiger partial charge in [0, 0.05) is 33.0 Å². The van der Waals surface area contributed by atoms with Gasteiger partial charge in [0.05, 0.1) is 12.2 Å². The molecule has 6 heteroatoms. The Morgan fingerprint density at radius 1 is 0.967 bits per heavy atom. The number of hydrogen-bond acceptors (Lipinski definition) is 3. The van der Waals surface area contributed by atoms with Crippen LogP contribution < -0.4 is 0 Å². The molecule has 0 atom stereocenters. The second-order valence-corrected chi connectivity index (χ2v) is 7.47. The summed E-state index contributed by atoms with van der Waals surface area (Å²) in [5.41, 5.74) is 4.79. The minimum absolute atomic E-state index is 0.0618. The van der Waals surface area contributed by atoms with Crippen molar-refractivity contribution in [2.75, 3.05) is 0 Å². The maximum absolute atomic E-state index is 13.3. The fraction of sp³-hybridized carbons (Fsp3) is 0.208. The minimum Gasteiger partial charge on any atom is -0.337 e. The van der Waals surface area contributed by atoms with Crippen molar-refractivity contribution in [1.82, 2.24) is 24.2 Å². The Balaban J connectivity index is 1.60. The normalized spacial score (nSPS) is 10.9. The van der Waals surface area contributed by atoms with E-state index in [-0.39, 0.29) is 5.91 Å². The summed E-state index contributed by atoms with van der Waals surface area (Å²) in [7, 11) is 3.74. The van der Waals surface area contributed by atoms with E-state index in [4.69, 9.17) is 0 Å². The number of hydrogen-bond donors (Lipinski definition) is 0. The van der Waals surface area contributed by atoms with Gasteiger partial charge in [-0.25, -0.2) is 4.98 Å². The molecule has 4 rings (SSSR count). The van der Waals surface area contributed by atoms with Crippen LogP contribution in [0.5, 0.6) is 0 Å². The number of carbonyl (C=O) groups excluding carboxylic acids is 1. The number of aryl methyl sites for hydroxylation is 3. The number of imidazole rings is 1. The lowest BCUT2D eigenvalue weighted by Crippen LogP contribution is -2.32. The third-order valence-corrected chi connectivity index (χ3v) is 5.20. The van der Waals surface area contributed by atoms with E-state index in [1.54, 1.807) is 17.9 Å². The second-order valence-electron chi connectivity index (χ2n) is 7.47. The van der Waals surface area contributed by atoms with Gasteiger partial charge in [-0.3, -0.25) is 9.48 Å². The summed E-state index contributed by atoms with van der Waals surface area (Å²) in [5.74, 6) is 0.774. The van der Waals surface area contributed by atoms with Crippen molar-refractivity contribution in [3.8, 4) is 11.1 Å². The molecule has 0 aliphatic heterocycles. The molecule has 0 bridgehead atoms. The van der Waals surface area contributed by atoms with Gasteiger partial charge in [-0.2, -0.15) is 5.10 Å². The smallest absolute Gasteiger partial charge is 0.272 e. The van der Waals surface area contributed by atoms with Gasteiger partial charge in [-0.1, -0.05) is 54.6 Å². The van der Waals surface area contributed by atoms with Crippen LogP contribution in [-0.4, -0.2) is 30.1 Å². The summed E-state index contributed by atoms with van der Waals surface area (Å²) >= 11 is 0. The summed E-state index contributed by atoms with van der Waals surface area (Å²) in [5, 5.41) is 4.33. The summed E-state index contributed by atoms with van der Waals surface area (Å²) in [6.45, 7) is 2.81. The Morgan fingerprint density at radius 2 is 1.67 bits per heavy atom. The van der Waals surface area contributed by atoms with E-state index in [2.05, 4.69) is 46.5 Å². The first-order valence-corrected chi connectivity index (χ1v) is 9.92. The quantitative estimate of drug-likeness (QED) is 0.493. The van der Waals surface area contributed by atoms with E-state index in [0.717, 1.165) is 22.6 Å². The second kappa shape index (κ2) is 8.37. The molecule has 0 N–H and O–H groups in total. The Morgan fingerprint density at radius 3 is 2.27 bits per heavy atom. The average Bonchev–Trinajstić information content (AvgIpc) is 3.32. The number of aromatic nitrogens is 4. The fourth-order valence-corrected chi connectivity index (χ4v) is 3.55. The van der Waals surface area contributed by atoms with E-state index in [1.165, 1.54) is 5.56 Å². The predicted octanol–water partition coefficient (Wildman–Crippen LogP) is 3.97. The summed E-state index contributed by atoms with van der Waals surface area (Å²) < 4.78 is 3.58. The summed E-state index contributed by atoms with van der Waals surface area (Å²) in [4.78, 5) is 19.6. The molecule has 30 heavy (non-hydrogen) atoms. The van der Waals surface area contributed by atoms with Crippen molar-refractivity contribution < 1.29 is 4.79 Å². The third kappa shape index (κ3) is 4.17. The largest absolute Gasteiger partial charge is 0.337 e. The molecule has 2 aromatic carbocycles.